The molecule has 1 aromatic carbocycles. The number of urea groups is 1. The van der Waals surface area contributed by atoms with Crippen LogP contribution in [-0.2, 0) is 0 Å². The summed E-state index contributed by atoms with van der Waals surface area (Å²) in [6, 6.07) is 4.24. The number of likely N-dealkylation sites (tertiary alicyclic amines) is 1. The van der Waals surface area contributed by atoms with Gasteiger partial charge in [0.25, 0.3) is 0 Å². The van der Waals surface area contributed by atoms with Gasteiger partial charge in [-0.2, -0.15) is 0 Å². The first-order valence-corrected chi connectivity index (χ1v) is 7.04. The van der Waals surface area contributed by atoms with Crippen LogP contribution in [0.3, 0.4) is 0 Å². The predicted octanol–water partition coefficient (Wildman–Crippen LogP) is 3.45. The SMILES string of the molecule is O=C(O)c1ccc(NC(=O)N2CCCCCC2)cc1Cl. The second kappa shape index (κ2) is 6.61. The van der Waals surface area contributed by atoms with Crippen molar-refractivity contribution in [2.24, 2.45) is 0 Å². The molecule has 0 atom stereocenters. The summed E-state index contributed by atoms with van der Waals surface area (Å²) in [5.41, 5.74) is 0.536. The van der Waals surface area contributed by atoms with E-state index in [2.05, 4.69) is 5.32 Å². The Kier molecular flexibility index (Phi) is 4.84. The molecule has 2 amide bonds. The quantitative estimate of drug-likeness (QED) is 0.878. The number of carboxylic acids is 1. The van der Waals surface area contributed by atoms with E-state index in [1.54, 1.807) is 11.0 Å². The zero-order valence-corrected chi connectivity index (χ0v) is 11.8. The maximum absolute atomic E-state index is 12.1. The van der Waals surface area contributed by atoms with Crippen LogP contribution in [-0.4, -0.2) is 35.1 Å². The Morgan fingerprint density at radius 1 is 1.15 bits per heavy atom. The lowest BCUT2D eigenvalue weighted by molar-refractivity contribution is 0.0697. The molecule has 2 rings (SSSR count). The summed E-state index contributed by atoms with van der Waals surface area (Å²) in [6.07, 6.45) is 4.35. The molecule has 0 spiro atoms. The number of aromatic carboxylic acids is 1. The third-order valence-corrected chi connectivity index (χ3v) is 3.66. The maximum Gasteiger partial charge on any atom is 0.337 e. The summed E-state index contributed by atoms with van der Waals surface area (Å²) in [5.74, 6) is -1.08. The van der Waals surface area contributed by atoms with Crippen molar-refractivity contribution in [3.05, 3.63) is 28.8 Å². The van der Waals surface area contributed by atoms with E-state index in [4.69, 9.17) is 16.7 Å². The molecule has 20 heavy (non-hydrogen) atoms. The molecule has 1 saturated heterocycles. The molecule has 1 fully saturated rings. The van der Waals surface area contributed by atoms with Crippen molar-refractivity contribution >= 4 is 29.3 Å². The highest BCUT2D eigenvalue weighted by Crippen LogP contribution is 2.21. The topological polar surface area (TPSA) is 69.6 Å². The van der Waals surface area contributed by atoms with Crippen LogP contribution >= 0.6 is 11.6 Å². The second-order valence-electron chi connectivity index (χ2n) is 4.83. The van der Waals surface area contributed by atoms with Gasteiger partial charge in [0, 0.05) is 18.8 Å². The lowest BCUT2D eigenvalue weighted by Gasteiger charge is -2.20. The number of halogens is 1. The van der Waals surface area contributed by atoms with E-state index in [-0.39, 0.29) is 16.6 Å². The Hall–Kier alpha value is -1.75. The molecule has 0 radical (unpaired) electrons. The Morgan fingerprint density at radius 2 is 1.80 bits per heavy atom. The van der Waals surface area contributed by atoms with E-state index in [0.29, 0.717) is 5.69 Å². The molecule has 0 aromatic heterocycles. The lowest BCUT2D eigenvalue weighted by atomic mass is 10.2. The molecule has 6 heteroatoms. The van der Waals surface area contributed by atoms with E-state index in [1.165, 1.54) is 12.1 Å². The summed E-state index contributed by atoms with van der Waals surface area (Å²) in [4.78, 5) is 24.8. The van der Waals surface area contributed by atoms with E-state index >= 15 is 0 Å². The summed E-state index contributed by atoms with van der Waals surface area (Å²) >= 11 is 5.87. The molecular formula is C14H17ClN2O3. The molecule has 0 bridgehead atoms. The largest absolute Gasteiger partial charge is 0.478 e. The van der Waals surface area contributed by atoms with Crippen molar-refractivity contribution in [1.82, 2.24) is 4.90 Å². The van der Waals surface area contributed by atoms with Gasteiger partial charge in [0.05, 0.1) is 10.6 Å². The molecule has 0 saturated carbocycles. The van der Waals surface area contributed by atoms with Gasteiger partial charge in [-0.15, -0.1) is 0 Å². The number of carboxylic acid groups (broad SMARTS) is 1. The first-order chi connectivity index (χ1) is 9.58. The number of carbonyl (C=O) groups excluding carboxylic acids is 1. The van der Waals surface area contributed by atoms with E-state index in [0.717, 1.165) is 38.8 Å². The van der Waals surface area contributed by atoms with Crippen molar-refractivity contribution < 1.29 is 14.7 Å². The third kappa shape index (κ3) is 3.63. The van der Waals surface area contributed by atoms with Gasteiger partial charge in [-0.25, -0.2) is 9.59 Å². The van der Waals surface area contributed by atoms with E-state index in [1.807, 2.05) is 0 Å². The standard InChI is InChI=1S/C14H17ClN2O3/c15-12-9-10(5-6-11(12)13(18)19)16-14(20)17-7-3-1-2-4-8-17/h5-6,9H,1-4,7-8H2,(H,16,20)(H,18,19). The molecule has 0 unspecified atom stereocenters. The number of hydrogen-bond acceptors (Lipinski definition) is 2. The van der Waals surface area contributed by atoms with Gasteiger partial charge >= 0.3 is 12.0 Å². The zero-order valence-electron chi connectivity index (χ0n) is 11.1. The lowest BCUT2D eigenvalue weighted by Crippen LogP contribution is -2.35. The summed E-state index contributed by atoms with van der Waals surface area (Å²) in [5, 5.41) is 11.8. The van der Waals surface area contributed by atoms with Gasteiger partial charge in [0.1, 0.15) is 0 Å². The average Bonchev–Trinajstić information content (AvgIpc) is 2.67. The normalized spacial score (nSPS) is 15.6. The molecule has 1 heterocycles. The highest BCUT2D eigenvalue weighted by molar-refractivity contribution is 6.33. The summed E-state index contributed by atoms with van der Waals surface area (Å²) in [7, 11) is 0. The fourth-order valence-electron chi connectivity index (χ4n) is 2.24. The smallest absolute Gasteiger partial charge is 0.337 e. The molecule has 0 aliphatic carbocycles. The highest BCUT2D eigenvalue weighted by Gasteiger charge is 2.16. The minimum atomic E-state index is -1.08. The van der Waals surface area contributed by atoms with E-state index in [9.17, 15) is 9.59 Å². The molecule has 5 nitrogen and oxygen atoms in total. The van der Waals surface area contributed by atoms with Crippen molar-refractivity contribution in [2.45, 2.75) is 25.7 Å². The highest BCUT2D eigenvalue weighted by atomic mass is 35.5. The number of hydrogen-bond donors (Lipinski definition) is 2. The van der Waals surface area contributed by atoms with Crippen LogP contribution in [0.15, 0.2) is 18.2 Å². The number of anilines is 1. The number of nitrogens with one attached hydrogen (secondary N) is 1. The monoisotopic (exact) mass is 296 g/mol. The minimum Gasteiger partial charge on any atom is -0.478 e. The average molecular weight is 297 g/mol. The predicted molar refractivity (Wildman–Crippen MR) is 77.5 cm³/mol. The number of carbonyl (C=O) groups is 2. The van der Waals surface area contributed by atoms with Crippen molar-refractivity contribution in [2.75, 3.05) is 18.4 Å². The van der Waals surface area contributed by atoms with Crippen LogP contribution in [0, 0.1) is 0 Å². The Balaban J connectivity index is 2.03. The first-order valence-electron chi connectivity index (χ1n) is 6.66. The van der Waals surface area contributed by atoms with Gasteiger partial charge in [0.2, 0.25) is 0 Å². The van der Waals surface area contributed by atoms with Crippen LogP contribution in [0.25, 0.3) is 0 Å². The van der Waals surface area contributed by atoms with Crippen molar-refractivity contribution in [3.8, 4) is 0 Å². The Labute approximate surface area is 122 Å². The first kappa shape index (κ1) is 14.7. The number of amides is 2. The maximum atomic E-state index is 12.1. The second-order valence-corrected chi connectivity index (χ2v) is 5.24. The van der Waals surface area contributed by atoms with Gasteiger partial charge in [-0.1, -0.05) is 24.4 Å². The molecule has 2 N–H and O–H groups in total. The molecular weight excluding hydrogens is 280 g/mol. The molecule has 1 aromatic rings. The van der Waals surface area contributed by atoms with Gasteiger partial charge in [0.15, 0.2) is 0 Å². The molecule has 1 aliphatic rings. The van der Waals surface area contributed by atoms with Gasteiger partial charge in [-0.3, -0.25) is 0 Å². The van der Waals surface area contributed by atoms with E-state index < -0.39 is 5.97 Å². The third-order valence-electron chi connectivity index (χ3n) is 3.34. The van der Waals surface area contributed by atoms with Crippen LogP contribution in [0.1, 0.15) is 36.0 Å². The summed E-state index contributed by atoms with van der Waals surface area (Å²) < 4.78 is 0. The number of nitrogens with zero attached hydrogens (tertiary/aromatic N) is 1. The Morgan fingerprint density at radius 3 is 2.35 bits per heavy atom. The fraction of sp³-hybridized carbons (Fsp3) is 0.429. The van der Waals surface area contributed by atoms with Crippen LogP contribution in [0.5, 0.6) is 0 Å². The van der Waals surface area contributed by atoms with Crippen molar-refractivity contribution in [1.29, 1.82) is 0 Å². The zero-order chi connectivity index (χ0) is 14.5. The van der Waals surface area contributed by atoms with Crippen LogP contribution < -0.4 is 5.32 Å². The molecule has 1 aliphatic heterocycles. The fourth-order valence-corrected chi connectivity index (χ4v) is 2.50. The molecule has 108 valence electrons. The van der Waals surface area contributed by atoms with Crippen LogP contribution in [0.4, 0.5) is 10.5 Å². The summed E-state index contributed by atoms with van der Waals surface area (Å²) in [6.45, 7) is 1.51. The Bertz CT molecular complexity index is 511. The van der Waals surface area contributed by atoms with Crippen LogP contribution in [0.2, 0.25) is 5.02 Å². The van der Waals surface area contributed by atoms with Gasteiger partial charge in [-0.05, 0) is 31.0 Å². The van der Waals surface area contributed by atoms with Gasteiger partial charge < -0.3 is 15.3 Å². The number of benzene rings is 1. The minimum absolute atomic E-state index is 0.0273. The number of rotatable bonds is 2. The van der Waals surface area contributed by atoms with Crippen molar-refractivity contribution in [3.63, 3.8) is 0 Å².